The minimum Gasteiger partial charge on any atom is -0.497 e. The maximum atomic E-state index is 5.75. The Morgan fingerprint density at radius 3 is 2.89 bits per heavy atom. The molecular weight excluding hydrogens is 240 g/mol. The first-order valence-corrected chi connectivity index (χ1v) is 6.04. The number of ether oxygens (including phenoxy) is 1. The van der Waals surface area contributed by atoms with Gasteiger partial charge in [-0.1, -0.05) is 12.1 Å². The van der Waals surface area contributed by atoms with E-state index in [0.717, 1.165) is 28.0 Å². The molecule has 0 aliphatic carbocycles. The van der Waals surface area contributed by atoms with E-state index in [1.807, 2.05) is 42.5 Å². The van der Waals surface area contributed by atoms with Crippen molar-refractivity contribution in [1.82, 2.24) is 4.98 Å². The highest BCUT2D eigenvalue weighted by atomic mass is 16.5. The summed E-state index contributed by atoms with van der Waals surface area (Å²) in [5.74, 6) is 1.37. The molecule has 0 aliphatic heterocycles. The molecule has 0 bridgehead atoms. The van der Waals surface area contributed by atoms with E-state index in [-0.39, 0.29) is 0 Å². The summed E-state index contributed by atoms with van der Waals surface area (Å²) in [5.41, 5.74) is 9.13. The van der Waals surface area contributed by atoms with E-state index >= 15 is 0 Å². The Hall–Kier alpha value is -2.33. The van der Waals surface area contributed by atoms with Crippen molar-refractivity contribution in [2.75, 3.05) is 7.11 Å². The average Bonchev–Trinajstić information content (AvgIpc) is 2.90. The fraction of sp³-hybridized carbons (Fsp3) is 0.133. The Morgan fingerprint density at radius 1 is 1.21 bits per heavy atom. The molecule has 1 aromatic heterocycles. The maximum Gasteiger partial charge on any atom is 0.227 e. The van der Waals surface area contributed by atoms with Crippen LogP contribution in [0.3, 0.4) is 0 Å². The summed E-state index contributed by atoms with van der Waals surface area (Å²) < 4.78 is 10.9. The maximum absolute atomic E-state index is 5.75. The van der Waals surface area contributed by atoms with Gasteiger partial charge in [-0.25, -0.2) is 4.98 Å². The van der Waals surface area contributed by atoms with Crippen LogP contribution in [0.4, 0.5) is 0 Å². The summed E-state index contributed by atoms with van der Waals surface area (Å²) in [4.78, 5) is 4.49. The topological polar surface area (TPSA) is 61.3 Å². The highest BCUT2D eigenvalue weighted by molar-refractivity contribution is 5.77. The zero-order valence-corrected chi connectivity index (χ0v) is 10.6. The molecule has 4 nitrogen and oxygen atoms in total. The first-order valence-electron chi connectivity index (χ1n) is 6.04. The summed E-state index contributed by atoms with van der Waals surface area (Å²) >= 11 is 0. The fourth-order valence-electron chi connectivity index (χ4n) is 1.98. The van der Waals surface area contributed by atoms with Crippen LogP contribution in [0.1, 0.15) is 5.56 Å². The number of nitrogens with two attached hydrogens (primary N) is 1. The molecule has 19 heavy (non-hydrogen) atoms. The summed E-state index contributed by atoms with van der Waals surface area (Å²) in [7, 11) is 1.64. The SMILES string of the molecule is COc1cccc(-c2nc3cc(CN)ccc3o2)c1. The molecule has 0 aliphatic rings. The van der Waals surface area contributed by atoms with Crippen LogP contribution < -0.4 is 10.5 Å². The zero-order chi connectivity index (χ0) is 13.2. The lowest BCUT2D eigenvalue weighted by Gasteiger charge is -2.00. The van der Waals surface area contributed by atoms with Gasteiger partial charge in [0.15, 0.2) is 5.58 Å². The fourth-order valence-corrected chi connectivity index (χ4v) is 1.98. The van der Waals surface area contributed by atoms with Crippen molar-refractivity contribution in [3.05, 3.63) is 48.0 Å². The van der Waals surface area contributed by atoms with Crippen LogP contribution in [0.25, 0.3) is 22.6 Å². The van der Waals surface area contributed by atoms with Crippen LogP contribution in [0.2, 0.25) is 0 Å². The van der Waals surface area contributed by atoms with Crippen LogP contribution in [-0.2, 0) is 6.54 Å². The van der Waals surface area contributed by atoms with Crippen LogP contribution in [-0.4, -0.2) is 12.1 Å². The second-order valence-corrected chi connectivity index (χ2v) is 4.26. The Bertz CT molecular complexity index is 719. The molecule has 0 unspecified atom stereocenters. The molecule has 3 rings (SSSR count). The van der Waals surface area contributed by atoms with Crippen molar-refractivity contribution >= 4 is 11.1 Å². The van der Waals surface area contributed by atoms with Gasteiger partial charge in [0.05, 0.1) is 7.11 Å². The standard InChI is InChI=1S/C15H14N2O2/c1-18-12-4-2-3-11(8-12)15-17-13-7-10(9-16)5-6-14(13)19-15/h2-8H,9,16H2,1H3. The molecule has 2 aromatic carbocycles. The molecule has 96 valence electrons. The van der Waals surface area contributed by atoms with Crippen molar-refractivity contribution in [1.29, 1.82) is 0 Å². The van der Waals surface area contributed by atoms with Crippen LogP contribution >= 0.6 is 0 Å². The molecule has 0 saturated heterocycles. The highest BCUT2D eigenvalue weighted by Crippen LogP contribution is 2.27. The summed E-state index contributed by atoms with van der Waals surface area (Å²) in [6, 6.07) is 13.4. The summed E-state index contributed by atoms with van der Waals surface area (Å²) in [6.07, 6.45) is 0. The summed E-state index contributed by atoms with van der Waals surface area (Å²) in [6.45, 7) is 0.497. The number of nitrogens with zero attached hydrogens (tertiary/aromatic N) is 1. The molecular formula is C15H14N2O2. The number of methoxy groups -OCH3 is 1. The Labute approximate surface area is 110 Å². The number of oxazole rings is 1. The number of benzene rings is 2. The second-order valence-electron chi connectivity index (χ2n) is 4.26. The average molecular weight is 254 g/mol. The Balaban J connectivity index is 2.09. The molecule has 3 aromatic rings. The molecule has 2 N–H and O–H groups in total. The third kappa shape index (κ3) is 2.18. The number of aromatic nitrogens is 1. The van der Waals surface area contributed by atoms with E-state index in [2.05, 4.69) is 4.98 Å². The molecule has 0 saturated carbocycles. The molecule has 0 spiro atoms. The monoisotopic (exact) mass is 254 g/mol. The van der Waals surface area contributed by atoms with Crippen molar-refractivity contribution in [2.45, 2.75) is 6.54 Å². The van der Waals surface area contributed by atoms with Crippen LogP contribution in [0.5, 0.6) is 5.75 Å². The van der Waals surface area contributed by atoms with Gasteiger partial charge in [-0.05, 0) is 35.9 Å². The lowest BCUT2D eigenvalue weighted by Crippen LogP contribution is -1.94. The minimum absolute atomic E-state index is 0.497. The van der Waals surface area contributed by atoms with E-state index < -0.39 is 0 Å². The summed E-state index contributed by atoms with van der Waals surface area (Å²) in [5, 5.41) is 0. The lowest BCUT2D eigenvalue weighted by molar-refractivity contribution is 0.415. The molecule has 0 atom stereocenters. The largest absolute Gasteiger partial charge is 0.497 e. The third-order valence-corrected chi connectivity index (χ3v) is 3.00. The van der Waals surface area contributed by atoms with Gasteiger partial charge in [0.2, 0.25) is 5.89 Å². The number of hydrogen-bond donors (Lipinski definition) is 1. The number of hydrogen-bond acceptors (Lipinski definition) is 4. The van der Waals surface area contributed by atoms with Crippen LogP contribution in [0, 0.1) is 0 Å². The first kappa shape index (κ1) is 11.7. The van der Waals surface area contributed by atoms with Gasteiger partial charge >= 0.3 is 0 Å². The van der Waals surface area contributed by atoms with Crippen molar-refractivity contribution < 1.29 is 9.15 Å². The van der Waals surface area contributed by atoms with Gasteiger partial charge in [0, 0.05) is 12.1 Å². The molecule has 0 amide bonds. The molecule has 1 heterocycles. The van der Waals surface area contributed by atoms with E-state index in [1.165, 1.54) is 0 Å². The lowest BCUT2D eigenvalue weighted by atomic mass is 10.2. The molecule has 4 heteroatoms. The minimum atomic E-state index is 0.497. The molecule has 0 radical (unpaired) electrons. The van der Waals surface area contributed by atoms with Crippen molar-refractivity contribution in [3.63, 3.8) is 0 Å². The van der Waals surface area contributed by atoms with Gasteiger partial charge in [-0.3, -0.25) is 0 Å². The number of fused-ring (bicyclic) bond motifs is 1. The Kier molecular flexibility index (Phi) is 2.93. The van der Waals surface area contributed by atoms with Crippen molar-refractivity contribution in [3.8, 4) is 17.2 Å². The normalized spacial score (nSPS) is 10.8. The predicted octanol–water partition coefficient (Wildman–Crippen LogP) is 2.96. The number of rotatable bonds is 3. The van der Waals surface area contributed by atoms with Gasteiger partial charge < -0.3 is 14.9 Å². The van der Waals surface area contributed by atoms with Gasteiger partial charge in [0.25, 0.3) is 0 Å². The quantitative estimate of drug-likeness (QED) is 0.780. The third-order valence-electron chi connectivity index (χ3n) is 3.00. The highest BCUT2D eigenvalue weighted by Gasteiger charge is 2.09. The van der Waals surface area contributed by atoms with Crippen molar-refractivity contribution in [2.24, 2.45) is 5.73 Å². The van der Waals surface area contributed by atoms with Crippen LogP contribution in [0.15, 0.2) is 46.9 Å². The van der Waals surface area contributed by atoms with E-state index in [4.69, 9.17) is 14.9 Å². The molecule has 0 fully saturated rings. The van der Waals surface area contributed by atoms with E-state index in [9.17, 15) is 0 Å². The van der Waals surface area contributed by atoms with Gasteiger partial charge in [-0.2, -0.15) is 0 Å². The smallest absolute Gasteiger partial charge is 0.227 e. The predicted molar refractivity (Wildman–Crippen MR) is 73.9 cm³/mol. The van der Waals surface area contributed by atoms with Gasteiger partial charge in [-0.15, -0.1) is 0 Å². The van der Waals surface area contributed by atoms with Gasteiger partial charge in [0.1, 0.15) is 11.3 Å². The first-order chi connectivity index (χ1) is 9.30. The second kappa shape index (κ2) is 4.74. The van der Waals surface area contributed by atoms with E-state index in [0.29, 0.717) is 12.4 Å². The zero-order valence-electron chi connectivity index (χ0n) is 10.6. The Morgan fingerprint density at radius 2 is 2.11 bits per heavy atom. The van der Waals surface area contributed by atoms with E-state index in [1.54, 1.807) is 7.11 Å².